The third-order valence-electron chi connectivity index (χ3n) is 10.2. The molecule has 7 nitrogen and oxygen atoms in total. The molecule has 3 amide bonds. The zero-order valence-corrected chi connectivity index (χ0v) is 31.7. The topological polar surface area (TPSA) is 91.4 Å². The van der Waals surface area contributed by atoms with Crippen LogP contribution in [0.4, 0.5) is 0 Å². The minimum absolute atomic E-state index is 0.0262. The smallest absolute Gasteiger partial charge is 0.247 e. The van der Waals surface area contributed by atoms with Gasteiger partial charge in [0.1, 0.15) is 23.1 Å². The minimum atomic E-state index is -0.960. The van der Waals surface area contributed by atoms with E-state index < -0.39 is 23.7 Å². The average Bonchev–Trinajstić information content (AvgIpc) is 3.73. The summed E-state index contributed by atoms with van der Waals surface area (Å²) in [4.78, 5) is 49.8. The summed E-state index contributed by atoms with van der Waals surface area (Å²) in [6, 6.07) is 13.7. The Morgan fingerprint density at radius 3 is 2.28 bits per heavy atom. The number of hydrogen-bond acceptors (Lipinski definition) is 5. The highest BCUT2D eigenvalue weighted by Crippen LogP contribution is 2.37. The van der Waals surface area contributed by atoms with E-state index in [2.05, 4.69) is 78.4 Å². The number of benzene rings is 2. The van der Waals surface area contributed by atoms with Gasteiger partial charge in [-0.25, -0.2) is 4.98 Å². The first kappa shape index (κ1) is 35.5. The van der Waals surface area contributed by atoms with Crippen molar-refractivity contribution in [2.75, 3.05) is 4.43 Å². The van der Waals surface area contributed by atoms with Crippen LogP contribution in [0.25, 0.3) is 10.6 Å². The second-order valence-electron chi connectivity index (χ2n) is 14.7. The lowest BCUT2D eigenvalue weighted by Crippen LogP contribution is -2.67. The normalized spacial score (nSPS) is 20.1. The standard InChI is InChI=1S/C38H49IN4O3S/c1-8-23(3)18-29-33(44)41-31(28-19-26-12-10-11-13-27(26)20-28)36(46)43(29)32(34(45)42-38(6,7)9-2)24-14-16-25(17-15-24)35-40-30(21-47-35)37(4,5)22-39/h10-17,21,23,28-29,31-32H,8-9,18-20,22H2,1-7H3,(H,41,44)(H,42,45)/t23?,29-,31-,32-/m1/s1. The van der Waals surface area contributed by atoms with Crippen LogP contribution in [0.15, 0.2) is 53.9 Å². The van der Waals surface area contributed by atoms with Crippen LogP contribution in [-0.4, -0.2) is 49.7 Å². The van der Waals surface area contributed by atoms with Crippen molar-refractivity contribution in [1.82, 2.24) is 20.5 Å². The molecule has 2 N–H and O–H groups in total. The summed E-state index contributed by atoms with van der Waals surface area (Å²) >= 11 is 4.01. The molecule has 9 heteroatoms. The van der Waals surface area contributed by atoms with Gasteiger partial charge in [0.25, 0.3) is 0 Å². The Balaban J connectivity index is 1.55. The van der Waals surface area contributed by atoms with E-state index in [1.54, 1.807) is 16.2 Å². The Morgan fingerprint density at radius 1 is 1.06 bits per heavy atom. The van der Waals surface area contributed by atoms with E-state index in [0.29, 0.717) is 12.0 Å². The molecule has 3 aromatic rings. The molecule has 0 spiro atoms. The van der Waals surface area contributed by atoms with Crippen LogP contribution in [0.2, 0.25) is 0 Å². The number of fused-ring (bicyclic) bond motifs is 1. The van der Waals surface area contributed by atoms with Crippen molar-refractivity contribution in [3.05, 3.63) is 76.3 Å². The fraction of sp³-hybridized carbons (Fsp3) is 0.526. The molecule has 47 heavy (non-hydrogen) atoms. The molecule has 1 aliphatic carbocycles. The van der Waals surface area contributed by atoms with Crippen LogP contribution in [0.1, 0.15) is 96.2 Å². The fourth-order valence-electron chi connectivity index (χ4n) is 6.50. The van der Waals surface area contributed by atoms with E-state index in [9.17, 15) is 14.4 Å². The number of nitrogens with one attached hydrogen (secondary N) is 2. The van der Waals surface area contributed by atoms with Crippen molar-refractivity contribution in [3.63, 3.8) is 0 Å². The van der Waals surface area contributed by atoms with Crippen LogP contribution in [0, 0.1) is 11.8 Å². The van der Waals surface area contributed by atoms with Crippen molar-refractivity contribution in [1.29, 1.82) is 0 Å². The highest BCUT2D eigenvalue weighted by Gasteiger charge is 2.50. The molecule has 1 aliphatic heterocycles. The van der Waals surface area contributed by atoms with Crippen LogP contribution < -0.4 is 10.6 Å². The monoisotopic (exact) mass is 768 g/mol. The average molecular weight is 769 g/mol. The van der Waals surface area contributed by atoms with Gasteiger partial charge in [-0.3, -0.25) is 14.4 Å². The molecule has 2 aliphatic rings. The number of amides is 3. The van der Waals surface area contributed by atoms with Gasteiger partial charge in [-0.05, 0) is 68.1 Å². The second-order valence-corrected chi connectivity index (χ2v) is 16.4. The third-order valence-corrected chi connectivity index (χ3v) is 13.0. The molecule has 2 heterocycles. The Hall–Kier alpha value is -2.79. The van der Waals surface area contributed by atoms with Crippen molar-refractivity contribution in [2.45, 2.75) is 110 Å². The van der Waals surface area contributed by atoms with Crippen molar-refractivity contribution < 1.29 is 14.4 Å². The molecule has 2 aromatic carbocycles. The number of halogens is 1. The van der Waals surface area contributed by atoms with E-state index in [1.165, 1.54) is 11.1 Å². The predicted octanol–water partition coefficient (Wildman–Crippen LogP) is 7.42. The summed E-state index contributed by atoms with van der Waals surface area (Å²) in [5, 5.41) is 9.40. The highest BCUT2D eigenvalue weighted by atomic mass is 127. The van der Waals surface area contributed by atoms with E-state index in [0.717, 1.165) is 46.4 Å². The van der Waals surface area contributed by atoms with Gasteiger partial charge < -0.3 is 15.5 Å². The van der Waals surface area contributed by atoms with Gasteiger partial charge in [0.15, 0.2) is 0 Å². The quantitative estimate of drug-likeness (QED) is 0.148. The van der Waals surface area contributed by atoms with E-state index in [-0.39, 0.29) is 35.0 Å². The van der Waals surface area contributed by atoms with Gasteiger partial charge in [-0.2, -0.15) is 0 Å². The number of carbonyl (C=O) groups is 3. The Kier molecular flexibility index (Phi) is 10.9. The molecule has 0 bridgehead atoms. The number of aromatic nitrogens is 1. The maximum absolute atomic E-state index is 14.8. The number of hydrogen-bond donors (Lipinski definition) is 2. The van der Waals surface area contributed by atoms with Crippen molar-refractivity contribution >= 4 is 51.6 Å². The largest absolute Gasteiger partial charge is 0.349 e. The molecule has 5 rings (SSSR count). The summed E-state index contributed by atoms with van der Waals surface area (Å²) in [5.74, 6) is -0.504. The van der Waals surface area contributed by atoms with Crippen LogP contribution >= 0.6 is 33.9 Å². The third kappa shape index (κ3) is 7.61. The number of thiazole rings is 1. The summed E-state index contributed by atoms with van der Waals surface area (Å²) < 4.78 is 0.959. The van der Waals surface area contributed by atoms with Gasteiger partial charge in [-0.15, -0.1) is 11.3 Å². The van der Waals surface area contributed by atoms with E-state index >= 15 is 0 Å². The first-order valence-electron chi connectivity index (χ1n) is 16.9. The maximum atomic E-state index is 14.8. The van der Waals surface area contributed by atoms with Gasteiger partial charge >= 0.3 is 0 Å². The van der Waals surface area contributed by atoms with Crippen LogP contribution in [-0.2, 0) is 32.6 Å². The van der Waals surface area contributed by atoms with Crippen LogP contribution in [0.5, 0.6) is 0 Å². The Labute approximate surface area is 297 Å². The highest BCUT2D eigenvalue weighted by molar-refractivity contribution is 14.1. The maximum Gasteiger partial charge on any atom is 0.247 e. The first-order valence-corrected chi connectivity index (χ1v) is 19.3. The molecule has 252 valence electrons. The molecule has 4 atom stereocenters. The van der Waals surface area contributed by atoms with E-state index in [1.807, 2.05) is 57.2 Å². The lowest BCUT2D eigenvalue weighted by molar-refractivity contribution is -0.158. The number of nitrogens with zero attached hydrogens (tertiary/aromatic N) is 2. The summed E-state index contributed by atoms with van der Waals surface area (Å²) in [7, 11) is 0. The minimum Gasteiger partial charge on any atom is -0.349 e. The number of piperazine rings is 1. The molecule has 1 unspecified atom stereocenters. The van der Waals surface area contributed by atoms with Crippen LogP contribution in [0.3, 0.4) is 0 Å². The molecular weight excluding hydrogens is 719 g/mol. The molecule has 0 saturated carbocycles. The van der Waals surface area contributed by atoms with Crippen molar-refractivity contribution in [3.8, 4) is 10.6 Å². The zero-order chi connectivity index (χ0) is 34.1. The molecule has 1 saturated heterocycles. The summed E-state index contributed by atoms with van der Waals surface area (Å²) in [6.07, 6.45) is 3.51. The SMILES string of the molecule is CCC(C)C[C@@H]1C(=O)N[C@H](C2Cc3ccccc3C2)C(=O)N1[C@@H](C(=O)NC(C)(C)CC)c1ccc(-c2nc(C(C)(C)CI)cs2)cc1. The number of rotatable bonds is 12. The van der Waals surface area contributed by atoms with Gasteiger partial charge in [0.05, 0.1) is 5.69 Å². The molecule has 0 radical (unpaired) electrons. The lowest BCUT2D eigenvalue weighted by atomic mass is 9.87. The Morgan fingerprint density at radius 2 is 1.70 bits per heavy atom. The zero-order valence-electron chi connectivity index (χ0n) is 28.7. The first-order chi connectivity index (χ1) is 22.3. The number of carbonyl (C=O) groups excluding carboxylic acids is 3. The Bertz CT molecular complexity index is 1580. The lowest BCUT2D eigenvalue weighted by Gasteiger charge is -2.45. The van der Waals surface area contributed by atoms with Crippen molar-refractivity contribution in [2.24, 2.45) is 11.8 Å². The molecule has 1 fully saturated rings. The summed E-state index contributed by atoms with van der Waals surface area (Å²) in [5.41, 5.74) is 4.63. The van der Waals surface area contributed by atoms with E-state index in [4.69, 9.17) is 4.98 Å². The number of alkyl halides is 1. The van der Waals surface area contributed by atoms with Gasteiger partial charge in [-0.1, -0.05) is 112 Å². The molecule has 1 aromatic heterocycles. The molecular formula is C38H49IN4O3S. The van der Waals surface area contributed by atoms with Gasteiger partial charge in [0, 0.05) is 26.3 Å². The second kappa shape index (κ2) is 14.4. The summed E-state index contributed by atoms with van der Waals surface area (Å²) in [6.45, 7) is 14.6. The fourth-order valence-corrected chi connectivity index (χ4v) is 7.91. The predicted molar refractivity (Wildman–Crippen MR) is 199 cm³/mol. The van der Waals surface area contributed by atoms with Gasteiger partial charge in [0.2, 0.25) is 17.7 Å².